The molecule has 0 aromatic heterocycles. The second kappa shape index (κ2) is 4.18. The Bertz CT molecular complexity index is 448. The summed E-state index contributed by atoms with van der Waals surface area (Å²) in [4.78, 5) is 24.3. The average molecular weight is 217 g/mol. The molecule has 82 valence electrons. The van der Waals surface area contributed by atoms with Gasteiger partial charge in [0.1, 0.15) is 5.75 Å². The summed E-state index contributed by atoms with van der Waals surface area (Å²) in [5.74, 6) is 0.182. The van der Waals surface area contributed by atoms with Gasteiger partial charge in [-0.2, -0.15) is 0 Å². The molecule has 0 unspecified atom stereocenters. The Kier molecular flexibility index (Phi) is 2.72. The van der Waals surface area contributed by atoms with E-state index in [1.165, 1.54) is 6.20 Å². The van der Waals surface area contributed by atoms with Gasteiger partial charge >= 0.3 is 0 Å². The minimum Gasteiger partial charge on any atom is -0.497 e. The quantitative estimate of drug-likeness (QED) is 0.706. The van der Waals surface area contributed by atoms with Crippen molar-refractivity contribution < 1.29 is 14.3 Å². The Morgan fingerprint density at radius 2 is 2.00 bits per heavy atom. The molecule has 0 saturated heterocycles. The van der Waals surface area contributed by atoms with E-state index in [9.17, 15) is 9.59 Å². The van der Waals surface area contributed by atoms with Crippen LogP contribution in [-0.2, 0) is 4.79 Å². The summed E-state index contributed by atoms with van der Waals surface area (Å²) in [6.45, 7) is 0. The third kappa shape index (κ3) is 1.82. The first-order chi connectivity index (χ1) is 7.72. The van der Waals surface area contributed by atoms with E-state index in [4.69, 9.17) is 4.74 Å². The molecule has 2 rings (SSSR count). The highest BCUT2D eigenvalue weighted by molar-refractivity contribution is 6.07. The van der Waals surface area contributed by atoms with Crippen molar-refractivity contribution in [1.29, 1.82) is 0 Å². The number of hydrogen-bond donors (Lipinski definition) is 0. The highest BCUT2D eigenvalue weighted by Gasteiger charge is 2.23. The molecule has 0 saturated carbocycles. The normalized spacial score (nSPS) is 14.3. The van der Waals surface area contributed by atoms with Gasteiger partial charge in [0.15, 0.2) is 0 Å². The zero-order chi connectivity index (χ0) is 11.5. The summed E-state index contributed by atoms with van der Waals surface area (Å²) < 4.78 is 4.99. The monoisotopic (exact) mass is 217 g/mol. The van der Waals surface area contributed by atoms with Crippen LogP contribution >= 0.6 is 0 Å². The first-order valence-electron chi connectivity index (χ1n) is 4.89. The van der Waals surface area contributed by atoms with E-state index in [0.29, 0.717) is 17.7 Å². The molecule has 1 aromatic rings. The maximum atomic E-state index is 11.9. The maximum absolute atomic E-state index is 11.9. The average Bonchev–Trinajstić information content (AvgIpc) is 2.75. The second-order valence-corrected chi connectivity index (χ2v) is 3.39. The van der Waals surface area contributed by atoms with Gasteiger partial charge in [0, 0.05) is 18.2 Å². The van der Waals surface area contributed by atoms with Crippen molar-refractivity contribution in [3.05, 3.63) is 42.1 Å². The van der Waals surface area contributed by atoms with Gasteiger partial charge in [-0.3, -0.25) is 14.5 Å². The van der Waals surface area contributed by atoms with Crippen molar-refractivity contribution in [3.8, 4) is 5.75 Å². The van der Waals surface area contributed by atoms with Gasteiger partial charge in [-0.05, 0) is 24.3 Å². The molecule has 0 fully saturated rings. The summed E-state index contributed by atoms with van der Waals surface area (Å²) >= 11 is 0. The Labute approximate surface area is 93.1 Å². The van der Waals surface area contributed by atoms with Gasteiger partial charge in [-0.1, -0.05) is 6.08 Å². The number of carbonyl (C=O) groups excluding carboxylic acids is 2. The van der Waals surface area contributed by atoms with E-state index in [-0.39, 0.29) is 11.8 Å². The van der Waals surface area contributed by atoms with Crippen LogP contribution in [0.5, 0.6) is 5.75 Å². The van der Waals surface area contributed by atoms with Gasteiger partial charge in [-0.15, -0.1) is 0 Å². The first-order valence-corrected chi connectivity index (χ1v) is 4.89. The highest BCUT2D eigenvalue weighted by Crippen LogP contribution is 2.15. The number of methoxy groups -OCH3 is 1. The molecule has 0 spiro atoms. The lowest BCUT2D eigenvalue weighted by Crippen LogP contribution is -2.28. The Morgan fingerprint density at radius 1 is 1.31 bits per heavy atom. The first kappa shape index (κ1) is 10.4. The third-order valence-corrected chi connectivity index (χ3v) is 2.37. The molecule has 16 heavy (non-hydrogen) atoms. The van der Waals surface area contributed by atoms with E-state index in [1.807, 2.05) is 0 Å². The third-order valence-electron chi connectivity index (χ3n) is 2.37. The number of amides is 2. The van der Waals surface area contributed by atoms with Crippen molar-refractivity contribution in [1.82, 2.24) is 4.90 Å². The molecule has 1 aliphatic rings. The van der Waals surface area contributed by atoms with Crippen molar-refractivity contribution in [2.24, 2.45) is 0 Å². The zero-order valence-corrected chi connectivity index (χ0v) is 8.84. The number of benzene rings is 1. The van der Waals surface area contributed by atoms with Crippen molar-refractivity contribution in [2.75, 3.05) is 7.11 Å². The second-order valence-electron chi connectivity index (χ2n) is 3.39. The van der Waals surface area contributed by atoms with E-state index in [2.05, 4.69) is 0 Å². The molecule has 0 atom stereocenters. The molecule has 4 heteroatoms. The van der Waals surface area contributed by atoms with Crippen LogP contribution in [0.25, 0.3) is 0 Å². The van der Waals surface area contributed by atoms with Crippen molar-refractivity contribution in [2.45, 2.75) is 6.42 Å². The lowest BCUT2D eigenvalue weighted by atomic mass is 10.2. The fourth-order valence-electron chi connectivity index (χ4n) is 1.49. The largest absolute Gasteiger partial charge is 0.497 e. The molecular formula is C12H11NO3. The van der Waals surface area contributed by atoms with Gasteiger partial charge in [0.05, 0.1) is 7.11 Å². The highest BCUT2D eigenvalue weighted by atomic mass is 16.5. The van der Waals surface area contributed by atoms with Crippen molar-refractivity contribution in [3.63, 3.8) is 0 Å². The lowest BCUT2D eigenvalue weighted by Gasteiger charge is -2.11. The predicted molar refractivity (Wildman–Crippen MR) is 57.9 cm³/mol. The Hall–Kier alpha value is -2.10. The fraction of sp³-hybridized carbons (Fsp3) is 0.167. The number of carbonyl (C=O) groups is 2. The van der Waals surface area contributed by atoms with Crippen LogP contribution in [0.4, 0.5) is 0 Å². The number of nitrogens with zero attached hydrogens (tertiary/aromatic N) is 1. The molecule has 1 aromatic carbocycles. The minimum absolute atomic E-state index is 0.194. The lowest BCUT2D eigenvalue weighted by molar-refractivity contribution is -0.124. The zero-order valence-electron chi connectivity index (χ0n) is 8.84. The van der Waals surface area contributed by atoms with E-state index >= 15 is 0 Å². The van der Waals surface area contributed by atoms with Gasteiger partial charge < -0.3 is 4.74 Å². The minimum atomic E-state index is -0.304. The van der Waals surface area contributed by atoms with E-state index < -0.39 is 0 Å². The van der Waals surface area contributed by atoms with Gasteiger partial charge in [-0.25, -0.2) is 0 Å². The summed E-state index contributed by atoms with van der Waals surface area (Å²) in [6, 6.07) is 6.66. The number of hydrogen-bond acceptors (Lipinski definition) is 3. The Balaban J connectivity index is 2.20. The summed E-state index contributed by atoms with van der Waals surface area (Å²) in [6.07, 6.45) is 3.47. The van der Waals surface area contributed by atoms with Gasteiger partial charge in [0.25, 0.3) is 5.91 Å². The van der Waals surface area contributed by atoms with E-state index in [0.717, 1.165) is 4.90 Å². The SMILES string of the molecule is COc1ccc(C(=O)N2C=CCC2=O)cc1. The van der Waals surface area contributed by atoms with E-state index in [1.54, 1.807) is 37.5 Å². The van der Waals surface area contributed by atoms with Crippen LogP contribution in [-0.4, -0.2) is 23.8 Å². The summed E-state index contributed by atoms with van der Waals surface area (Å²) in [5.41, 5.74) is 0.473. The molecular weight excluding hydrogens is 206 g/mol. The number of ether oxygens (including phenoxy) is 1. The predicted octanol–water partition coefficient (Wildman–Crippen LogP) is 1.58. The molecule has 0 bridgehead atoms. The van der Waals surface area contributed by atoms with Gasteiger partial charge in [0.2, 0.25) is 5.91 Å². The summed E-state index contributed by atoms with van der Waals surface area (Å²) in [7, 11) is 1.56. The topological polar surface area (TPSA) is 46.6 Å². The Morgan fingerprint density at radius 3 is 2.50 bits per heavy atom. The standard InChI is InChI=1S/C12H11NO3/c1-16-10-6-4-9(5-7-10)12(15)13-8-2-3-11(13)14/h2,4-8H,3H2,1H3. The molecule has 2 amide bonds. The molecule has 4 nitrogen and oxygen atoms in total. The molecule has 0 aliphatic carbocycles. The van der Waals surface area contributed by atoms with Crippen LogP contribution in [0.2, 0.25) is 0 Å². The molecule has 0 radical (unpaired) electrons. The fourth-order valence-corrected chi connectivity index (χ4v) is 1.49. The van der Waals surface area contributed by atoms with Crippen LogP contribution in [0.15, 0.2) is 36.5 Å². The number of imide groups is 1. The number of rotatable bonds is 2. The molecule has 0 N–H and O–H groups in total. The van der Waals surface area contributed by atoms with Crippen LogP contribution < -0.4 is 4.74 Å². The summed E-state index contributed by atoms with van der Waals surface area (Å²) in [5, 5.41) is 0. The smallest absolute Gasteiger partial charge is 0.264 e. The van der Waals surface area contributed by atoms with Crippen molar-refractivity contribution >= 4 is 11.8 Å². The molecule has 1 aliphatic heterocycles. The van der Waals surface area contributed by atoms with Crippen LogP contribution in [0.1, 0.15) is 16.8 Å². The van der Waals surface area contributed by atoms with Crippen LogP contribution in [0.3, 0.4) is 0 Å². The molecule has 1 heterocycles. The maximum Gasteiger partial charge on any atom is 0.264 e. The van der Waals surface area contributed by atoms with Crippen LogP contribution in [0, 0.1) is 0 Å².